The van der Waals surface area contributed by atoms with Gasteiger partial charge in [0.25, 0.3) is 0 Å². The molecule has 0 aliphatic carbocycles. The van der Waals surface area contributed by atoms with Crippen molar-refractivity contribution in [2.45, 2.75) is 13.3 Å². The van der Waals surface area contributed by atoms with E-state index in [0.717, 1.165) is 36.2 Å². The number of fused-ring (bicyclic) bond motifs is 1. The number of para-hydroxylation sites is 1. The Kier molecular flexibility index (Phi) is 2.92. The van der Waals surface area contributed by atoms with Crippen LogP contribution in [0, 0.1) is 11.3 Å². The molecule has 0 atom stereocenters. The van der Waals surface area contributed by atoms with Crippen molar-refractivity contribution in [3.8, 4) is 6.07 Å². The fraction of sp³-hybridized carbons (Fsp3) is 0.250. The van der Waals surface area contributed by atoms with Crippen molar-refractivity contribution in [1.82, 2.24) is 4.98 Å². The van der Waals surface area contributed by atoms with Crippen LogP contribution in [0.3, 0.4) is 0 Å². The minimum atomic E-state index is 0.702. The third kappa shape index (κ3) is 2.17. The van der Waals surface area contributed by atoms with Gasteiger partial charge in [-0.3, -0.25) is 0 Å². The summed E-state index contributed by atoms with van der Waals surface area (Å²) in [5.41, 5.74) is 2.95. The lowest BCUT2D eigenvalue weighted by Gasteiger charge is -2.27. The molecule has 3 heteroatoms. The van der Waals surface area contributed by atoms with Gasteiger partial charge >= 0.3 is 0 Å². The molecular weight excluding hydrogens is 234 g/mol. The number of rotatable bonds is 1. The van der Waals surface area contributed by atoms with Gasteiger partial charge in [-0.1, -0.05) is 29.8 Å². The highest BCUT2D eigenvalue weighted by Crippen LogP contribution is 2.24. The van der Waals surface area contributed by atoms with E-state index < -0.39 is 0 Å². The smallest absolute Gasteiger partial charge is 0.130 e. The third-order valence-electron chi connectivity index (χ3n) is 3.48. The second kappa shape index (κ2) is 4.74. The van der Waals surface area contributed by atoms with Crippen molar-refractivity contribution in [2.75, 3.05) is 18.0 Å². The number of pyridine rings is 1. The number of nitriles is 1. The van der Waals surface area contributed by atoms with Crippen LogP contribution in [0.4, 0.5) is 5.82 Å². The molecule has 19 heavy (non-hydrogen) atoms. The molecule has 0 saturated heterocycles. The van der Waals surface area contributed by atoms with Crippen molar-refractivity contribution in [1.29, 1.82) is 5.26 Å². The van der Waals surface area contributed by atoms with Crippen LogP contribution in [0.15, 0.2) is 42.0 Å². The number of hydrogen-bond acceptors (Lipinski definition) is 3. The Morgan fingerprint density at radius 1 is 1.32 bits per heavy atom. The summed E-state index contributed by atoms with van der Waals surface area (Å²) in [7, 11) is 0. The Bertz CT molecular complexity index is 695. The summed E-state index contributed by atoms with van der Waals surface area (Å²) in [4.78, 5) is 6.93. The highest BCUT2D eigenvalue weighted by atomic mass is 15.2. The molecule has 0 bridgehead atoms. The Balaban J connectivity index is 2.10. The highest BCUT2D eigenvalue weighted by molar-refractivity contribution is 5.86. The Hall–Kier alpha value is -2.34. The van der Waals surface area contributed by atoms with Gasteiger partial charge in [-0.15, -0.1) is 0 Å². The number of hydrogen-bond donors (Lipinski definition) is 0. The van der Waals surface area contributed by atoms with Gasteiger partial charge in [0, 0.05) is 18.5 Å². The first-order valence-electron chi connectivity index (χ1n) is 6.48. The van der Waals surface area contributed by atoms with Crippen molar-refractivity contribution in [3.63, 3.8) is 0 Å². The molecule has 0 amide bonds. The van der Waals surface area contributed by atoms with Crippen molar-refractivity contribution < 1.29 is 0 Å². The molecule has 1 aromatic heterocycles. The molecule has 2 aromatic rings. The van der Waals surface area contributed by atoms with E-state index in [1.807, 2.05) is 30.3 Å². The topological polar surface area (TPSA) is 39.9 Å². The normalized spacial score (nSPS) is 15.2. The SMILES string of the molecule is CC1=CCCN(c2cc(C#N)c3ccccc3n2)C1. The quantitative estimate of drug-likeness (QED) is 0.728. The number of nitrogens with zero attached hydrogens (tertiary/aromatic N) is 3. The number of aromatic nitrogens is 1. The molecule has 3 nitrogen and oxygen atoms in total. The zero-order chi connectivity index (χ0) is 13.2. The summed E-state index contributed by atoms with van der Waals surface area (Å²) < 4.78 is 0. The van der Waals surface area contributed by atoms with Gasteiger partial charge in [0.15, 0.2) is 0 Å². The first-order valence-corrected chi connectivity index (χ1v) is 6.48. The predicted octanol–water partition coefficient (Wildman–Crippen LogP) is 3.26. The molecule has 0 unspecified atom stereocenters. The molecule has 1 aliphatic heterocycles. The number of anilines is 1. The van der Waals surface area contributed by atoms with E-state index in [2.05, 4.69) is 29.0 Å². The molecule has 0 saturated carbocycles. The Morgan fingerprint density at radius 3 is 2.95 bits per heavy atom. The molecule has 0 fully saturated rings. The van der Waals surface area contributed by atoms with Crippen LogP contribution in [-0.4, -0.2) is 18.1 Å². The molecule has 3 rings (SSSR count). The summed E-state index contributed by atoms with van der Waals surface area (Å²) >= 11 is 0. The molecule has 94 valence electrons. The third-order valence-corrected chi connectivity index (χ3v) is 3.48. The number of benzene rings is 1. The van der Waals surface area contributed by atoms with Gasteiger partial charge < -0.3 is 4.90 Å². The first kappa shape index (κ1) is 11.7. The minimum absolute atomic E-state index is 0.702. The van der Waals surface area contributed by atoms with Crippen LogP contribution in [0.1, 0.15) is 18.9 Å². The van der Waals surface area contributed by atoms with Crippen LogP contribution in [0.5, 0.6) is 0 Å². The van der Waals surface area contributed by atoms with Gasteiger partial charge in [0.1, 0.15) is 5.82 Å². The lowest BCUT2D eigenvalue weighted by molar-refractivity contribution is 0.780. The van der Waals surface area contributed by atoms with Crippen LogP contribution >= 0.6 is 0 Å². The van der Waals surface area contributed by atoms with Crippen LogP contribution < -0.4 is 4.90 Å². The zero-order valence-corrected chi connectivity index (χ0v) is 10.9. The maximum Gasteiger partial charge on any atom is 0.130 e. The van der Waals surface area contributed by atoms with Gasteiger partial charge in [-0.2, -0.15) is 5.26 Å². The summed E-state index contributed by atoms with van der Waals surface area (Å²) in [6, 6.07) is 12.0. The van der Waals surface area contributed by atoms with E-state index in [-0.39, 0.29) is 0 Å². The average molecular weight is 249 g/mol. The van der Waals surface area contributed by atoms with Gasteiger partial charge in [0.2, 0.25) is 0 Å². The maximum absolute atomic E-state index is 9.30. The molecule has 1 aromatic carbocycles. The van der Waals surface area contributed by atoms with E-state index >= 15 is 0 Å². The largest absolute Gasteiger partial charge is 0.352 e. The zero-order valence-electron chi connectivity index (χ0n) is 10.9. The van der Waals surface area contributed by atoms with E-state index in [1.54, 1.807) is 0 Å². The summed E-state index contributed by atoms with van der Waals surface area (Å²) in [6.45, 7) is 4.00. The lowest BCUT2D eigenvalue weighted by Crippen LogP contribution is -2.29. The van der Waals surface area contributed by atoms with Gasteiger partial charge in [-0.05, 0) is 25.5 Å². The van der Waals surface area contributed by atoms with Crippen molar-refractivity contribution in [3.05, 3.63) is 47.5 Å². The lowest BCUT2D eigenvalue weighted by atomic mass is 10.1. The van der Waals surface area contributed by atoms with Crippen molar-refractivity contribution in [2.24, 2.45) is 0 Å². The van der Waals surface area contributed by atoms with Crippen LogP contribution in [-0.2, 0) is 0 Å². The van der Waals surface area contributed by atoms with Crippen LogP contribution in [0.2, 0.25) is 0 Å². The van der Waals surface area contributed by atoms with E-state index in [4.69, 9.17) is 0 Å². The highest BCUT2D eigenvalue weighted by Gasteiger charge is 2.14. The molecule has 2 heterocycles. The second-order valence-corrected chi connectivity index (χ2v) is 4.92. The fourth-order valence-electron chi connectivity index (χ4n) is 2.52. The summed E-state index contributed by atoms with van der Waals surface area (Å²) in [5.74, 6) is 0.905. The Labute approximate surface area is 112 Å². The average Bonchev–Trinajstić information content (AvgIpc) is 2.46. The second-order valence-electron chi connectivity index (χ2n) is 4.92. The molecular formula is C16H15N3. The monoisotopic (exact) mass is 249 g/mol. The van der Waals surface area contributed by atoms with Crippen LogP contribution in [0.25, 0.3) is 10.9 Å². The van der Waals surface area contributed by atoms with E-state index in [9.17, 15) is 5.26 Å². The standard InChI is InChI=1S/C16H15N3/c1-12-5-4-8-19(11-12)16-9-13(10-17)14-6-2-3-7-15(14)18-16/h2-3,5-7,9H,4,8,11H2,1H3. The summed E-state index contributed by atoms with van der Waals surface area (Å²) in [6.07, 6.45) is 3.31. The first-order chi connectivity index (χ1) is 9.28. The van der Waals surface area contributed by atoms with Gasteiger partial charge in [-0.25, -0.2) is 4.98 Å². The fourth-order valence-corrected chi connectivity index (χ4v) is 2.52. The molecule has 0 spiro atoms. The Morgan fingerprint density at radius 2 is 2.16 bits per heavy atom. The summed E-state index contributed by atoms with van der Waals surface area (Å²) in [5, 5.41) is 10.2. The molecule has 0 radical (unpaired) electrons. The maximum atomic E-state index is 9.30. The predicted molar refractivity (Wildman–Crippen MR) is 77.0 cm³/mol. The molecule has 0 N–H and O–H groups in total. The van der Waals surface area contributed by atoms with E-state index in [1.165, 1.54) is 5.57 Å². The van der Waals surface area contributed by atoms with Gasteiger partial charge in [0.05, 0.1) is 17.1 Å². The molecule has 1 aliphatic rings. The van der Waals surface area contributed by atoms with E-state index in [0.29, 0.717) is 5.56 Å². The minimum Gasteiger partial charge on any atom is -0.352 e. The van der Waals surface area contributed by atoms with Crippen molar-refractivity contribution >= 4 is 16.7 Å².